The Kier molecular flexibility index (Phi) is 7.36. The second-order valence-electron chi connectivity index (χ2n) is 5.71. The summed E-state index contributed by atoms with van der Waals surface area (Å²) in [7, 11) is 0. The second-order valence-corrected chi connectivity index (χ2v) is 5.71. The fourth-order valence-corrected chi connectivity index (χ4v) is 1.69. The number of aliphatic hydroxyl groups excluding tert-OH is 1. The summed E-state index contributed by atoms with van der Waals surface area (Å²) in [4.78, 5) is 0. The highest BCUT2D eigenvalue weighted by Crippen LogP contribution is 2.21. The van der Waals surface area contributed by atoms with Gasteiger partial charge in [0.1, 0.15) is 0 Å². The minimum Gasteiger partial charge on any atom is -0.395 e. The van der Waals surface area contributed by atoms with E-state index in [0.29, 0.717) is 12.3 Å². The van der Waals surface area contributed by atoms with E-state index in [-0.39, 0.29) is 18.1 Å². The SMILES string of the molecule is CC(C)CC(CO)NCC(C)(C)CCC#N. The number of rotatable bonds is 8. The van der Waals surface area contributed by atoms with Gasteiger partial charge in [-0.25, -0.2) is 0 Å². The van der Waals surface area contributed by atoms with Gasteiger partial charge in [-0.1, -0.05) is 27.7 Å². The van der Waals surface area contributed by atoms with Crippen molar-refractivity contribution in [3.05, 3.63) is 0 Å². The van der Waals surface area contributed by atoms with Crippen LogP contribution in [0.25, 0.3) is 0 Å². The number of nitrogens with zero attached hydrogens (tertiary/aromatic N) is 1. The molecule has 0 fully saturated rings. The van der Waals surface area contributed by atoms with E-state index in [1.54, 1.807) is 0 Å². The van der Waals surface area contributed by atoms with Crippen molar-refractivity contribution in [3.8, 4) is 6.07 Å². The molecule has 0 spiro atoms. The van der Waals surface area contributed by atoms with E-state index in [1.165, 1.54) is 0 Å². The molecule has 0 aromatic rings. The first-order chi connectivity index (χ1) is 7.41. The Morgan fingerprint density at radius 1 is 1.38 bits per heavy atom. The molecule has 1 atom stereocenters. The molecule has 0 saturated carbocycles. The van der Waals surface area contributed by atoms with Gasteiger partial charge in [0.05, 0.1) is 12.7 Å². The molecule has 2 N–H and O–H groups in total. The van der Waals surface area contributed by atoms with Crippen LogP contribution in [0.15, 0.2) is 0 Å². The third kappa shape index (κ3) is 7.67. The van der Waals surface area contributed by atoms with Gasteiger partial charge < -0.3 is 10.4 Å². The van der Waals surface area contributed by atoms with Gasteiger partial charge in [-0.15, -0.1) is 0 Å². The van der Waals surface area contributed by atoms with Crippen molar-refractivity contribution in [2.45, 2.75) is 53.0 Å². The molecule has 0 rings (SSSR count). The summed E-state index contributed by atoms with van der Waals surface area (Å²) >= 11 is 0. The Morgan fingerprint density at radius 3 is 2.44 bits per heavy atom. The van der Waals surface area contributed by atoms with Crippen molar-refractivity contribution >= 4 is 0 Å². The largest absolute Gasteiger partial charge is 0.395 e. The van der Waals surface area contributed by atoms with Gasteiger partial charge in [0, 0.05) is 19.0 Å². The predicted octanol–water partition coefficient (Wildman–Crippen LogP) is 2.31. The zero-order chi connectivity index (χ0) is 12.6. The fraction of sp³-hybridized carbons (Fsp3) is 0.923. The van der Waals surface area contributed by atoms with Gasteiger partial charge in [0.15, 0.2) is 0 Å². The van der Waals surface area contributed by atoms with Crippen LogP contribution in [0.1, 0.15) is 47.0 Å². The van der Waals surface area contributed by atoms with Crippen LogP contribution in [0.5, 0.6) is 0 Å². The third-order valence-electron chi connectivity index (χ3n) is 2.76. The molecule has 0 aliphatic rings. The quantitative estimate of drug-likeness (QED) is 0.668. The first kappa shape index (κ1) is 15.4. The minimum atomic E-state index is 0.125. The third-order valence-corrected chi connectivity index (χ3v) is 2.76. The van der Waals surface area contributed by atoms with Crippen molar-refractivity contribution < 1.29 is 5.11 Å². The first-order valence-electron chi connectivity index (χ1n) is 6.12. The zero-order valence-corrected chi connectivity index (χ0v) is 11.1. The van der Waals surface area contributed by atoms with Gasteiger partial charge in [-0.05, 0) is 24.2 Å². The van der Waals surface area contributed by atoms with Crippen molar-refractivity contribution in [2.24, 2.45) is 11.3 Å². The van der Waals surface area contributed by atoms with Gasteiger partial charge in [-0.3, -0.25) is 0 Å². The number of aliphatic hydroxyl groups is 1. The normalized spacial score (nSPS) is 13.8. The summed E-state index contributed by atoms with van der Waals surface area (Å²) in [6, 6.07) is 2.36. The number of hydrogen-bond acceptors (Lipinski definition) is 3. The van der Waals surface area contributed by atoms with E-state index >= 15 is 0 Å². The van der Waals surface area contributed by atoms with E-state index in [4.69, 9.17) is 5.26 Å². The summed E-state index contributed by atoms with van der Waals surface area (Å²) < 4.78 is 0. The maximum Gasteiger partial charge on any atom is 0.0621 e. The van der Waals surface area contributed by atoms with Crippen LogP contribution in [-0.4, -0.2) is 24.3 Å². The van der Waals surface area contributed by atoms with Crippen molar-refractivity contribution in [1.82, 2.24) is 5.32 Å². The Bertz CT molecular complexity index is 218. The molecule has 0 amide bonds. The van der Waals surface area contributed by atoms with Crippen LogP contribution in [0.3, 0.4) is 0 Å². The van der Waals surface area contributed by atoms with E-state index in [2.05, 4.69) is 39.1 Å². The Labute approximate surface area is 99.9 Å². The van der Waals surface area contributed by atoms with Crippen molar-refractivity contribution in [1.29, 1.82) is 5.26 Å². The molecule has 1 unspecified atom stereocenters. The lowest BCUT2D eigenvalue weighted by atomic mass is 9.87. The van der Waals surface area contributed by atoms with Crippen LogP contribution in [0, 0.1) is 22.7 Å². The summed E-state index contributed by atoms with van der Waals surface area (Å²) in [5.41, 5.74) is 0.125. The topological polar surface area (TPSA) is 56.0 Å². The first-order valence-corrected chi connectivity index (χ1v) is 6.12. The summed E-state index contributed by atoms with van der Waals surface area (Å²) in [5.74, 6) is 0.590. The maximum atomic E-state index is 9.23. The summed E-state index contributed by atoms with van der Waals surface area (Å²) in [6.07, 6.45) is 2.49. The van der Waals surface area contributed by atoms with Crippen LogP contribution in [0.4, 0.5) is 0 Å². The number of nitriles is 1. The van der Waals surface area contributed by atoms with Gasteiger partial charge in [0.25, 0.3) is 0 Å². The Hall–Kier alpha value is -0.590. The Morgan fingerprint density at radius 2 is 2.00 bits per heavy atom. The van der Waals surface area contributed by atoms with Gasteiger partial charge >= 0.3 is 0 Å². The lowest BCUT2D eigenvalue weighted by Crippen LogP contribution is -2.40. The van der Waals surface area contributed by atoms with Crippen LogP contribution < -0.4 is 5.32 Å². The molecule has 0 aliphatic heterocycles. The van der Waals surface area contributed by atoms with Gasteiger partial charge in [0.2, 0.25) is 0 Å². The number of nitrogens with one attached hydrogen (secondary N) is 1. The molecule has 0 aliphatic carbocycles. The molecule has 0 bridgehead atoms. The lowest BCUT2D eigenvalue weighted by molar-refractivity contribution is 0.203. The van der Waals surface area contributed by atoms with E-state index < -0.39 is 0 Å². The molecule has 0 heterocycles. The molecular weight excluding hydrogens is 200 g/mol. The molecule has 0 aromatic carbocycles. The summed E-state index contributed by atoms with van der Waals surface area (Å²) in [6.45, 7) is 9.66. The summed E-state index contributed by atoms with van der Waals surface area (Å²) in [5, 5.41) is 21.2. The minimum absolute atomic E-state index is 0.125. The highest BCUT2D eigenvalue weighted by molar-refractivity contribution is 4.80. The van der Waals surface area contributed by atoms with Crippen molar-refractivity contribution in [3.63, 3.8) is 0 Å². The van der Waals surface area contributed by atoms with E-state index in [9.17, 15) is 5.11 Å². The van der Waals surface area contributed by atoms with Crippen LogP contribution >= 0.6 is 0 Å². The smallest absolute Gasteiger partial charge is 0.0621 e. The highest BCUT2D eigenvalue weighted by atomic mass is 16.3. The lowest BCUT2D eigenvalue weighted by Gasteiger charge is -2.27. The number of hydrogen-bond donors (Lipinski definition) is 2. The Balaban J connectivity index is 3.95. The van der Waals surface area contributed by atoms with Gasteiger partial charge in [-0.2, -0.15) is 5.26 Å². The molecule has 3 nitrogen and oxygen atoms in total. The maximum absolute atomic E-state index is 9.23. The molecule has 94 valence electrons. The molecular formula is C13H26N2O. The average molecular weight is 226 g/mol. The molecule has 16 heavy (non-hydrogen) atoms. The van der Waals surface area contributed by atoms with Crippen molar-refractivity contribution in [2.75, 3.05) is 13.2 Å². The zero-order valence-electron chi connectivity index (χ0n) is 11.1. The van der Waals surface area contributed by atoms with E-state index in [1.807, 2.05) is 0 Å². The van der Waals surface area contributed by atoms with E-state index in [0.717, 1.165) is 19.4 Å². The fourth-order valence-electron chi connectivity index (χ4n) is 1.69. The molecule has 0 aromatic heterocycles. The molecule has 3 heteroatoms. The standard InChI is InChI=1S/C13H26N2O/c1-11(2)8-12(9-16)15-10-13(3,4)6-5-7-14/h11-12,15-16H,5-6,8-10H2,1-4H3. The second kappa shape index (κ2) is 7.65. The molecule has 0 saturated heterocycles. The van der Waals surface area contributed by atoms with Crippen LogP contribution in [-0.2, 0) is 0 Å². The molecule has 0 radical (unpaired) electrons. The average Bonchev–Trinajstić information content (AvgIpc) is 2.21. The van der Waals surface area contributed by atoms with Crippen LogP contribution in [0.2, 0.25) is 0 Å². The predicted molar refractivity (Wildman–Crippen MR) is 67.0 cm³/mol. The highest BCUT2D eigenvalue weighted by Gasteiger charge is 2.19. The monoisotopic (exact) mass is 226 g/mol.